The van der Waals surface area contributed by atoms with E-state index in [9.17, 15) is 0 Å². The molecule has 0 unspecified atom stereocenters. The van der Waals surface area contributed by atoms with Crippen molar-refractivity contribution in [2.45, 2.75) is 65.5 Å². The van der Waals surface area contributed by atoms with Crippen LogP contribution in [-0.4, -0.2) is 27.8 Å². The maximum atomic E-state index is 6.61. The Balaban J connectivity index is 0.00000186. The maximum absolute atomic E-state index is 6.61. The van der Waals surface area contributed by atoms with Gasteiger partial charge in [0.15, 0.2) is 0 Å². The van der Waals surface area contributed by atoms with Gasteiger partial charge in [-0.05, 0) is 62.7 Å². The predicted molar refractivity (Wildman–Crippen MR) is 164 cm³/mol. The number of benzene rings is 1. The summed E-state index contributed by atoms with van der Waals surface area (Å²) in [4.78, 5) is 4.78. The Labute approximate surface area is 232 Å². The van der Waals surface area contributed by atoms with Crippen molar-refractivity contribution in [1.82, 2.24) is 14.7 Å². The van der Waals surface area contributed by atoms with Gasteiger partial charge in [0.2, 0.25) is 0 Å². The van der Waals surface area contributed by atoms with Crippen LogP contribution < -0.4 is 0 Å². The summed E-state index contributed by atoms with van der Waals surface area (Å²) >= 11 is 8.35. The summed E-state index contributed by atoms with van der Waals surface area (Å²) in [5.41, 5.74) is 5.12. The molecule has 2 heterocycles. The Hall–Kier alpha value is -2.66. The summed E-state index contributed by atoms with van der Waals surface area (Å²) < 4.78 is 2.00. The number of rotatable bonds is 9. The van der Waals surface area contributed by atoms with Crippen molar-refractivity contribution in [2.75, 3.05) is 7.05 Å². The van der Waals surface area contributed by atoms with Gasteiger partial charge in [0.05, 0.1) is 27.0 Å². The number of para-hydroxylation sites is 1. The fourth-order valence-corrected chi connectivity index (χ4v) is 5.84. The van der Waals surface area contributed by atoms with Gasteiger partial charge in [-0.15, -0.1) is 11.3 Å². The molecule has 1 saturated carbocycles. The van der Waals surface area contributed by atoms with Gasteiger partial charge >= 0.3 is 0 Å². The zero-order valence-corrected chi connectivity index (χ0v) is 24.3. The maximum Gasteiger partial charge on any atom is 0.0844 e. The van der Waals surface area contributed by atoms with Gasteiger partial charge in [0.25, 0.3) is 0 Å². The van der Waals surface area contributed by atoms with Crippen LogP contribution in [0.1, 0.15) is 63.4 Å². The highest BCUT2D eigenvalue weighted by molar-refractivity contribution is 7.16. The molecular formula is C32H40ClN3S. The van der Waals surface area contributed by atoms with E-state index >= 15 is 0 Å². The molecule has 0 aliphatic heterocycles. The largest absolute Gasteiger partial charge is 0.298 e. The van der Waals surface area contributed by atoms with Crippen molar-refractivity contribution in [2.24, 2.45) is 0 Å². The van der Waals surface area contributed by atoms with Crippen molar-refractivity contribution < 1.29 is 0 Å². The lowest BCUT2D eigenvalue weighted by atomic mass is 9.94. The molecule has 5 heteroatoms. The topological polar surface area (TPSA) is 21.1 Å². The smallest absolute Gasteiger partial charge is 0.0844 e. The zero-order chi connectivity index (χ0) is 26.8. The Bertz CT molecular complexity index is 1240. The summed E-state index contributed by atoms with van der Waals surface area (Å²) in [5.74, 6) is 0. The quantitative estimate of drug-likeness (QED) is 0.255. The lowest BCUT2D eigenvalue weighted by Gasteiger charge is -2.30. The molecule has 3 nitrogen and oxygen atoms in total. The molecule has 0 saturated heterocycles. The number of thiophene rings is 1. The fourth-order valence-electron chi connectivity index (χ4n) is 4.59. The van der Waals surface area contributed by atoms with Crippen LogP contribution in [0.5, 0.6) is 0 Å². The van der Waals surface area contributed by atoms with Gasteiger partial charge in [-0.1, -0.05) is 99.9 Å². The molecule has 3 aromatic rings. The third kappa shape index (κ3) is 7.67. The van der Waals surface area contributed by atoms with E-state index in [1.807, 2.05) is 67.9 Å². The van der Waals surface area contributed by atoms with Crippen molar-refractivity contribution in [1.29, 1.82) is 0 Å². The summed E-state index contributed by atoms with van der Waals surface area (Å²) in [6.07, 6.45) is 14.6. The Morgan fingerprint density at radius 1 is 1.16 bits per heavy atom. The number of nitrogens with zero attached hydrogens (tertiary/aromatic N) is 3. The van der Waals surface area contributed by atoms with Crippen molar-refractivity contribution in [3.05, 3.63) is 101 Å². The van der Waals surface area contributed by atoms with Crippen molar-refractivity contribution in [3.8, 4) is 16.3 Å². The van der Waals surface area contributed by atoms with Crippen LogP contribution in [0.15, 0.2) is 85.5 Å². The van der Waals surface area contributed by atoms with E-state index < -0.39 is 0 Å². The van der Waals surface area contributed by atoms with E-state index in [1.54, 1.807) is 11.3 Å². The number of hydrogen-bond donors (Lipinski definition) is 0. The van der Waals surface area contributed by atoms with Crippen molar-refractivity contribution in [3.63, 3.8) is 0 Å². The Morgan fingerprint density at radius 2 is 1.89 bits per heavy atom. The summed E-state index contributed by atoms with van der Waals surface area (Å²) in [7, 11) is 2.23. The minimum absolute atomic E-state index is 0.638. The highest BCUT2D eigenvalue weighted by Crippen LogP contribution is 2.35. The molecule has 4 rings (SSSR count). The lowest BCUT2D eigenvalue weighted by molar-refractivity contribution is 0.182. The standard InChI is InChI=1S/C30H34ClN3S.C2H6/c1-5-23(13-11-12-22(2)3)29-18-19-30(35-29)28-20-24(21-33(4)25-14-7-6-8-15-25)32-34(28)27-17-10-9-16-26(27)31;1-2/h5,9-13,16-20,25H,1-2,6-8,14-15,21H2,3-4H3;1-2H3/b12-11-,23-13+;. The van der Waals surface area contributed by atoms with Gasteiger partial charge in [-0.3, -0.25) is 4.90 Å². The second-order valence-electron chi connectivity index (χ2n) is 9.29. The first-order valence-electron chi connectivity index (χ1n) is 13.3. The normalized spacial score (nSPS) is 14.6. The van der Waals surface area contributed by atoms with Crippen LogP contribution >= 0.6 is 22.9 Å². The van der Waals surface area contributed by atoms with Gasteiger partial charge in [-0.25, -0.2) is 4.68 Å². The molecule has 1 aromatic carbocycles. The zero-order valence-electron chi connectivity index (χ0n) is 22.7. The number of allylic oxidation sites excluding steroid dienone is 6. The van der Waals surface area contributed by atoms with Crippen LogP contribution in [-0.2, 0) is 6.54 Å². The first-order valence-corrected chi connectivity index (χ1v) is 14.5. The Kier molecular flexibility index (Phi) is 11.2. The van der Waals surface area contributed by atoms with E-state index in [4.69, 9.17) is 16.7 Å². The molecule has 196 valence electrons. The molecule has 1 fully saturated rings. The minimum Gasteiger partial charge on any atom is -0.298 e. The molecule has 0 radical (unpaired) electrons. The van der Waals surface area contributed by atoms with E-state index in [2.05, 4.69) is 49.4 Å². The van der Waals surface area contributed by atoms with Crippen LogP contribution in [0.2, 0.25) is 5.02 Å². The molecule has 0 bridgehead atoms. The number of aromatic nitrogens is 2. The van der Waals surface area contributed by atoms with E-state index in [0.29, 0.717) is 11.1 Å². The molecule has 2 aromatic heterocycles. The first kappa shape index (κ1) is 28.9. The highest BCUT2D eigenvalue weighted by Gasteiger charge is 2.21. The van der Waals surface area contributed by atoms with E-state index in [1.165, 1.54) is 32.1 Å². The fraction of sp³-hybridized carbons (Fsp3) is 0.344. The van der Waals surface area contributed by atoms with Crippen molar-refractivity contribution >= 4 is 28.5 Å². The molecule has 0 atom stereocenters. The van der Waals surface area contributed by atoms with Gasteiger partial charge in [0.1, 0.15) is 0 Å². The molecule has 0 N–H and O–H groups in total. The highest BCUT2D eigenvalue weighted by atomic mass is 35.5. The Morgan fingerprint density at radius 3 is 2.57 bits per heavy atom. The molecule has 0 amide bonds. The summed E-state index contributed by atoms with van der Waals surface area (Å²) in [6, 6.07) is 15.1. The van der Waals surface area contributed by atoms with Gasteiger partial charge < -0.3 is 0 Å². The molecule has 1 aliphatic carbocycles. The van der Waals surface area contributed by atoms with E-state index in [0.717, 1.165) is 44.5 Å². The summed E-state index contributed by atoms with van der Waals surface area (Å²) in [5, 5.41) is 5.73. The minimum atomic E-state index is 0.638. The predicted octanol–water partition coefficient (Wildman–Crippen LogP) is 9.75. The number of halogens is 1. The average Bonchev–Trinajstić information content (AvgIpc) is 3.56. The van der Waals surface area contributed by atoms with Gasteiger partial charge in [0, 0.05) is 17.5 Å². The average molecular weight is 534 g/mol. The first-order chi connectivity index (χ1) is 18.0. The molecule has 0 spiro atoms. The second kappa shape index (κ2) is 14.3. The summed E-state index contributed by atoms with van der Waals surface area (Å²) in [6.45, 7) is 14.8. The molecule has 37 heavy (non-hydrogen) atoms. The van der Waals surface area contributed by atoms with E-state index in [-0.39, 0.29) is 0 Å². The van der Waals surface area contributed by atoms with Gasteiger partial charge in [-0.2, -0.15) is 5.10 Å². The van der Waals surface area contributed by atoms with Crippen LogP contribution in [0.4, 0.5) is 0 Å². The van der Waals surface area contributed by atoms with Crippen LogP contribution in [0.3, 0.4) is 0 Å². The third-order valence-corrected chi connectivity index (χ3v) is 7.95. The monoisotopic (exact) mass is 533 g/mol. The van der Waals surface area contributed by atoms with Crippen LogP contribution in [0, 0.1) is 0 Å². The number of hydrogen-bond acceptors (Lipinski definition) is 3. The third-order valence-electron chi connectivity index (χ3n) is 6.47. The van der Waals surface area contributed by atoms with Crippen LogP contribution in [0.25, 0.3) is 21.8 Å². The molecular weight excluding hydrogens is 494 g/mol. The SMILES string of the molecule is C=C/C(=C\C=C/C(=C)C)c1ccc(-c2cc(CN(C)C3CCCCC3)nn2-c2ccccc2Cl)s1.CC. The molecule has 1 aliphatic rings. The lowest BCUT2D eigenvalue weighted by Crippen LogP contribution is -2.33. The second-order valence-corrected chi connectivity index (χ2v) is 10.8.